The van der Waals surface area contributed by atoms with E-state index in [9.17, 15) is 9.59 Å². The molecule has 0 aliphatic carbocycles. The molecule has 3 N–H and O–H groups in total. The van der Waals surface area contributed by atoms with Crippen LogP contribution in [0.5, 0.6) is 0 Å². The van der Waals surface area contributed by atoms with E-state index in [1.807, 2.05) is 20.8 Å². The molecule has 94 valence electrons. The number of aromatic amines is 1. The van der Waals surface area contributed by atoms with Crippen molar-refractivity contribution in [2.24, 2.45) is 5.92 Å². The fourth-order valence-corrected chi connectivity index (χ4v) is 1.40. The van der Waals surface area contributed by atoms with Gasteiger partial charge in [-0.3, -0.25) is 4.79 Å². The highest BCUT2D eigenvalue weighted by Gasteiger charge is 2.22. The van der Waals surface area contributed by atoms with Crippen LogP contribution in [0.15, 0.2) is 6.33 Å². The molecule has 1 heterocycles. The first-order chi connectivity index (χ1) is 7.97. The van der Waals surface area contributed by atoms with Crippen LogP contribution in [0.3, 0.4) is 0 Å². The molecule has 1 amide bonds. The minimum atomic E-state index is -1.19. The number of hydrogen-bond donors (Lipinski definition) is 3. The molecule has 1 rings (SSSR count). The van der Waals surface area contributed by atoms with Gasteiger partial charge in [-0.25, -0.2) is 9.78 Å². The van der Waals surface area contributed by atoms with Crippen molar-refractivity contribution in [2.75, 3.05) is 0 Å². The molecular weight excluding hydrogens is 222 g/mol. The maximum atomic E-state index is 11.8. The SMILES string of the molecule is CCC(C)C(C)NC(=O)c1nc[nH]c1C(=O)O. The van der Waals surface area contributed by atoms with Gasteiger partial charge in [-0.15, -0.1) is 0 Å². The Bertz CT molecular complexity index is 414. The van der Waals surface area contributed by atoms with E-state index in [4.69, 9.17) is 5.11 Å². The average Bonchev–Trinajstić information content (AvgIpc) is 2.76. The third-order valence-corrected chi connectivity index (χ3v) is 2.92. The summed E-state index contributed by atoms with van der Waals surface area (Å²) in [5.74, 6) is -1.33. The molecule has 0 spiro atoms. The molecule has 1 aromatic heterocycles. The van der Waals surface area contributed by atoms with Gasteiger partial charge in [0.05, 0.1) is 6.33 Å². The summed E-state index contributed by atoms with van der Waals surface area (Å²) in [5.41, 5.74) is -0.258. The number of carbonyl (C=O) groups is 2. The summed E-state index contributed by atoms with van der Waals surface area (Å²) >= 11 is 0. The van der Waals surface area contributed by atoms with E-state index in [1.54, 1.807) is 0 Å². The van der Waals surface area contributed by atoms with Crippen LogP contribution in [0.25, 0.3) is 0 Å². The Morgan fingerprint density at radius 3 is 2.71 bits per heavy atom. The lowest BCUT2D eigenvalue weighted by Gasteiger charge is -2.19. The van der Waals surface area contributed by atoms with Crippen molar-refractivity contribution < 1.29 is 14.7 Å². The molecule has 2 unspecified atom stereocenters. The van der Waals surface area contributed by atoms with Gasteiger partial charge in [0.15, 0.2) is 11.4 Å². The van der Waals surface area contributed by atoms with E-state index in [2.05, 4.69) is 15.3 Å². The number of rotatable bonds is 5. The van der Waals surface area contributed by atoms with Crippen LogP contribution in [0.2, 0.25) is 0 Å². The molecule has 6 heteroatoms. The summed E-state index contributed by atoms with van der Waals surface area (Å²) in [6.45, 7) is 5.94. The number of aromatic carboxylic acids is 1. The molecule has 0 saturated heterocycles. The van der Waals surface area contributed by atoms with Gasteiger partial charge in [-0.2, -0.15) is 0 Å². The van der Waals surface area contributed by atoms with Crippen molar-refractivity contribution in [3.63, 3.8) is 0 Å². The van der Waals surface area contributed by atoms with E-state index in [-0.39, 0.29) is 17.4 Å². The smallest absolute Gasteiger partial charge is 0.354 e. The maximum absolute atomic E-state index is 11.8. The molecule has 0 aromatic carbocycles. The van der Waals surface area contributed by atoms with Gasteiger partial charge in [0.2, 0.25) is 0 Å². The van der Waals surface area contributed by atoms with E-state index < -0.39 is 11.9 Å². The predicted molar refractivity (Wildman–Crippen MR) is 61.9 cm³/mol. The standard InChI is InChI=1S/C11H17N3O3/c1-4-6(2)7(3)14-10(15)8-9(11(16)17)13-5-12-8/h5-7H,4H2,1-3H3,(H,12,13)(H,14,15)(H,16,17). The number of imidazole rings is 1. The lowest BCUT2D eigenvalue weighted by atomic mass is 10.0. The lowest BCUT2D eigenvalue weighted by molar-refractivity contribution is 0.0684. The van der Waals surface area contributed by atoms with Crippen LogP contribution in [0.4, 0.5) is 0 Å². The highest BCUT2D eigenvalue weighted by Crippen LogP contribution is 2.09. The van der Waals surface area contributed by atoms with Gasteiger partial charge in [0.1, 0.15) is 0 Å². The minimum absolute atomic E-state index is 0.0224. The Labute approximate surface area is 99.4 Å². The number of nitrogens with one attached hydrogen (secondary N) is 2. The summed E-state index contributed by atoms with van der Waals surface area (Å²) in [6, 6.07) is -0.0224. The Kier molecular flexibility index (Phi) is 4.25. The molecule has 0 saturated carbocycles. The maximum Gasteiger partial charge on any atom is 0.354 e. The van der Waals surface area contributed by atoms with Crippen LogP contribution in [0, 0.1) is 5.92 Å². The number of H-pyrrole nitrogens is 1. The minimum Gasteiger partial charge on any atom is -0.477 e. The van der Waals surface area contributed by atoms with Crippen LogP contribution in [0.1, 0.15) is 48.2 Å². The Balaban J connectivity index is 2.77. The Morgan fingerprint density at radius 1 is 1.53 bits per heavy atom. The first-order valence-corrected chi connectivity index (χ1v) is 5.54. The van der Waals surface area contributed by atoms with Crippen LogP contribution >= 0.6 is 0 Å². The third-order valence-electron chi connectivity index (χ3n) is 2.92. The van der Waals surface area contributed by atoms with E-state index in [0.29, 0.717) is 5.92 Å². The second-order valence-corrected chi connectivity index (χ2v) is 4.08. The number of amides is 1. The van der Waals surface area contributed by atoms with Crippen molar-refractivity contribution in [2.45, 2.75) is 33.2 Å². The fraction of sp³-hybridized carbons (Fsp3) is 0.545. The molecule has 0 radical (unpaired) electrons. The van der Waals surface area contributed by atoms with Gasteiger partial charge in [0.25, 0.3) is 5.91 Å². The molecule has 2 atom stereocenters. The zero-order valence-corrected chi connectivity index (χ0v) is 10.2. The molecule has 1 aromatic rings. The largest absolute Gasteiger partial charge is 0.477 e. The number of aromatic nitrogens is 2. The first kappa shape index (κ1) is 13.2. The number of carboxylic acid groups (broad SMARTS) is 1. The van der Waals surface area contributed by atoms with Crippen molar-refractivity contribution in [3.8, 4) is 0 Å². The van der Waals surface area contributed by atoms with Gasteiger partial charge in [0, 0.05) is 6.04 Å². The van der Waals surface area contributed by atoms with Gasteiger partial charge < -0.3 is 15.4 Å². The highest BCUT2D eigenvalue weighted by atomic mass is 16.4. The number of hydrogen-bond acceptors (Lipinski definition) is 3. The van der Waals surface area contributed by atoms with Crippen LogP contribution in [-0.2, 0) is 0 Å². The second-order valence-electron chi connectivity index (χ2n) is 4.08. The Hall–Kier alpha value is -1.85. The van der Waals surface area contributed by atoms with Crippen molar-refractivity contribution in [3.05, 3.63) is 17.7 Å². The zero-order chi connectivity index (χ0) is 13.0. The second kappa shape index (κ2) is 5.47. The summed E-state index contributed by atoms with van der Waals surface area (Å²) in [6.07, 6.45) is 2.14. The molecular formula is C11H17N3O3. The number of carboxylic acids is 1. The van der Waals surface area contributed by atoms with Crippen LogP contribution in [-0.4, -0.2) is 33.0 Å². The van der Waals surface area contributed by atoms with Crippen molar-refractivity contribution >= 4 is 11.9 Å². The summed E-state index contributed by atoms with van der Waals surface area (Å²) in [4.78, 5) is 28.8. The summed E-state index contributed by atoms with van der Waals surface area (Å²) < 4.78 is 0. The van der Waals surface area contributed by atoms with Crippen molar-refractivity contribution in [1.82, 2.24) is 15.3 Å². The van der Waals surface area contributed by atoms with Gasteiger partial charge >= 0.3 is 5.97 Å². The lowest BCUT2D eigenvalue weighted by Crippen LogP contribution is -2.37. The van der Waals surface area contributed by atoms with E-state index in [1.165, 1.54) is 6.33 Å². The average molecular weight is 239 g/mol. The van der Waals surface area contributed by atoms with E-state index >= 15 is 0 Å². The number of carbonyl (C=O) groups excluding carboxylic acids is 1. The monoisotopic (exact) mass is 239 g/mol. The molecule has 0 aliphatic heterocycles. The third kappa shape index (κ3) is 3.05. The molecule has 0 aliphatic rings. The first-order valence-electron chi connectivity index (χ1n) is 5.54. The topological polar surface area (TPSA) is 95.1 Å². The fourth-order valence-electron chi connectivity index (χ4n) is 1.40. The number of nitrogens with zero attached hydrogens (tertiary/aromatic N) is 1. The normalized spacial score (nSPS) is 14.1. The molecule has 0 fully saturated rings. The predicted octanol–water partition coefficient (Wildman–Crippen LogP) is 1.27. The zero-order valence-electron chi connectivity index (χ0n) is 10.2. The highest BCUT2D eigenvalue weighted by molar-refractivity contribution is 6.02. The van der Waals surface area contributed by atoms with E-state index in [0.717, 1.165) is 6.42 Å². The summed E-state index contributed by atoms with van der Waals surface area (Å²) in [5, 5.41) is 11.6. The van der Waals surface area contributed by atoms with Gasteiger partial charge in [-0.05, 0) is 12.8 Å². The Morgan fingerprint density at radius 2 is 2.18 bits per heavy atom. The van der Waals surface area contributed by atoms with Crippen molar-refractivity contribution in [1.29, 1.82) is 0 Å². The summed E-state index contributed by atoms with van der Waals surface area (Å²) in [7, 11) is 0. The van der Waals surface area contributed by atoms with Gasteiger partial charge in [-0.1, -0.05) is 20.3 Å². The molecule has 0 bridgehead atoms. The quantitative estimate of drug-likeness (QED) is 0.721. The molecule has 17 heavy (non-hydrogen) atoms. The van der Waals surface area contributed by atoms with Crippen LogP contribution < -0.4 is 5.32 Å². The molecule has 6 nitrogen and oxygen atoms in total.